The zero-order valence-corrected chi connectivity index (χ0v) is 23.9. The summed E-state index contributed by atoms with van der Waals surface area (Å²) in [6.07, 6.45) is 33.0. The Labute approximate surface area is 206 Å². The number of quaternary nitrogens is 1. The van der Waals surface area contributed by atoms with Crippen molar-refractivity contribution in [3.8, 4) is 0 Å². The van der Waals surface area contributed by atoms with Gasteiger partial charge in [-0.1, -0.05) is 124 Å². The summed E-state index contributed by atoms with van der Waals surface area (Å²) in [5, 5.41) is 0. The van der Waals surface area contributed by atoms with Gasteiger partial charge in [0.1, 0.15) is 0 Å². The normalized spacial score (nSPS) is 12.6. The van der Waals surface area contributed by atoms with Gasteiger partial charge in [-0.15, -0.1) is 0 Å². The molecule has 0 spiro atoms. The highest BCUT2D eigenvalue weighted by Crippen LogP contribution is 2.38. The van der Waals surface area contributed by atoms with Crippen LogP contribution in [0.15, 0.2) is 0 Å². The Morgan fingerprint density at radius 1 is 0.375 bits per heavy atom. The van der Waals surface area contributed by atoms with Gasteiger partial charge in [0, 0.05) is 19.3 Å². The predicted molar refractivity (Wildman–Crippen MR) is 149 cm³/mol. The highest BCUT2D eigenvalue weighted by Gasteiger charge is 2.43. The summed E-state index contributed by atoms with van der Waals surface area (Å²) in [6, 6.07) is 0. The second-order valence-electron chi connectivity index (χ2n) is 11.5. The molecule has 1 heteroatoms. The third kappa shape index (κ3) is 15.0. The molecule has 0 aliphatic rings. The Hall–Kier alpha value is -0.0400. The van der Waals surface area contributed by atoms with Crippen LogP contribution in [0.25, 0.3) is 0 Å². The standard InChI is InChI=1S/C31H66N/c1-7-11-15-19-23-27-31(28-24-20-16-12-8-2,29-25-21-17-13-9-3)32(5,6)30-26-22-18-14-10-4/h7-30H2,1-6H3/q+1. The van der Waals surface area contributed by atoms with Gasteiger partial charge in [0.25, 0.3) is 0 Å². The van der Waals surface area contributed by atoms with Crippen LogP contribution in [0.3, 0.4) is 0 Å². The van der Waals surface area contributed by atoms with Crippen molar-refractivity contribution >= 4 is 0 Å². The number of hydrogen-bond acceptors (Lipinski definition) is 0. The van der Waals surface area contributed by atoms with Gasteiger partial charge in [-0.05, 0) is 32.1 Å². The van der Waals surface area contributed by atoms with E-state index in [1.54, 1.807) is 0 Å². The van der Waals surface area contributed by atoms with Crippen LogP contribution in [0.2, 0.25) is 0 Å². The van der Waals surface area contributed by atoms with Crippen LogP contribution < -0.4 is 0 Å². The lowest BCUT2D eigenvalue weighted by atomic mass is 9.78. The SMILES string of the molecule is CCCCCCCC(CCCCCCC)(CCCCCCC)[N+](C)(C)CCCCCCC. The molecule has 0 unspecified atom stereocenters. The van der Waals surface area contributed by atoms with Crippen molar-refractivity contribution in [2.24, 2.45) is 0 Å². The molecule has 0 aliphatic carbocycles. The topological polar surface area (TPSA) is 0 Å². The van der Waals surface area contributed by atoms with Crippen LogP contribution in [-0.2, 0) is 0 Å². The molecule has 0 saturated carbocycles. The largest absolute Gasteiger partial charge is 0.324 e. The summed E-state index contributed by atoms with van der Waals surface area (Å²) in [4.78, 5) is 0. The zero-order valence-electron chi connectivity index (χ0n) is 23.9. The van der Waals surface area contributed by atoms with E-state index in [0.29, 0.717) is 5.54 Å². The average molecular weight is 453 g/mol. The molecule has 0 N–H and O–H groups in total. The first-order chi connectivity index (χ1) is 15.5. The summed E-state index contributed by atoms with van der Waals surface area (Å²) in [7, 11) is 5.23. The third-order valence-electron chi connectivity index (χ3n) is 8.34. The average Bonchev–Trinajstić information content (AvgIpc) is 2.77. The molecule has 32 heavy (non-hydrogen) atoms. The van der Waals surface area contributed by atoms with Gasteiger partial charge in [0.15, 0.2) is 0 Å². The van der Waals surface area contributed by atoms with Crippen molar-refractivity contribution < 1.29 is 4.48 Å². The predicted octanol–water partition coefficient (Wildman–Crippen LogP) is 10.9. The third-order valence-corrected chi connectivity index (χ3v) is 8.34. The molecule has 0 radical (unpaired) electrons. The lowest BCUT2D eigenvalue weighted by Crippen LogP contribution is -2.60. The fraction of sp³-hybridized carbons (Fsp3) is 1.00. The van der Waals surface area contributed by atoms with Crippen molar-refractivity contribution in [1.82, 2.24) is 0 Å². The van der Waals surface area contributed by atoms with Crippen molar-refractivity contribution in [3.63, 3.8) is 0 Å². The molecule has 0 amide bonds. The molecule has 194 valence electrons. The van der Waals surface area contributed by atoms with E-state index in [4.69, 9.17) is 0 Å². The van der Waals surface area contributed by atoms with Crippen LogP contribution in [-0.4, -0.2) is 30.7 Å². The van der Waals surface area contributed by atoms with E-state index in [9.17, 15) is 0 Å². The lowest BCUT2D eigenvalue weighted by molar-refractivity contribution is -0.944. The van der Waals surface area contributed by atoms with Crippen molar-refractivity contribution in [3.05, 3.63) is 0 Å². The molecule has 0 aliphatic heterocycles. The Kier molecular flexibility index (Phi) is 21.5. The first-order valence-corrected chi connectivity index (χ1v) is 15.3. The minimum Gasteiger partial charge on any atom is -0.324 e. The van der Waals surface area contributed by atoms with E-state index >= 15 is 0 Å². The van der Waals surface area contributed by atoms with Crippen LogP contribution in [0.1, 0.15) is 175 Å². The molecule has 0 aromatic carbocycles. The maximum absolute atomic E-state index is 2.62. The number of hydrogen-bond donors (Lipinski definition) is 0. The van der Waals surface area contributed by atoms with Crippen molar-refractivity contribution in [2.75, 3.05) is 20.6 Å². The summed E-state index contributed by atoms with van der Waals surface area (Å²) < 4.78 is 1.29. The minimum absolute atomic E-state index is 0.523. The van der Waals surface area contributed by atoms with E-state index in [2.05, 4.69) is 41.8 Å². The molecule has 0 atom stereocenters. The summed E-state index contributed by atoms with van der Waals surface area (Å²) >= 11 is 0. The van der Waals surface area contributed by atoms with Gasteiger partial charge in [-0.25, -0.2) is 0 Å². The van der Waals surface area contributed by atoms with E-state index < -0.39 is 0 Å². The van der Waals surface area contributed by atoms with E-state index in [1.165, 1.54) is 159 Å². The van der Waals surface area contributed by atoms with Gasteiger partial charge < -0.3 is 4.48 Å². The molecule has 0 aromatic rings. The van der Waals surface area contributed by atoms with E-state index in [-0.39, 0.29) is 0 Å². The molecular formula is C31H66N+. The molecule has 0 saturated heterocycles. The highest BCUT2D eigenvalue weighted by atomic mass is 15.4. The van der Waals surface area contributed by atoms with Gasteiger partial charge in [-0.2, -0.15) is 0 Å². The number of rotatable bonds is 25. The Morgan fingerprint density at radius 2 is 0.656 bits per heavy atom. The maximum Gasteiger partial charge on any atom is 0.0988 e. The monoisotopic (exact) mass is 453 g/mol. The molecule has 0 rings (SSSR count). The van der Waals surface area contributed by atoms with E-state index in [1.807, 2.05) is 0 Å². The maximum atomic E-state index is 2.62. The fourth-order valence-electron chi connectivity index (χ4n) is 5.80. The molecular weight excluding hydrogens is 386 g/mol. The number of nitrogens with zero attached hydrogens (tertiary/aromatic N) is 1. The smallest absolute Gasteiger partial charge is 0.0988 e. The molecule has 0 fully saturated rings. The van der Waals surface area contributed by atoms with Crippen LogP contribution in [0, 0.1) is 0 Å². The van der Waals surface area contributed by atoms with Gasteiger partial charge in [-0.3, -0.25) is 0 Å². The molecule has 0 aromatic heterocycles. The quantitative estimate of drug-likeness (QED) is 0.0954. The second-order valence-corrected chi connectivity index (χ2v) is 11.5. The second kappa shape index (κ2) is 21.5. The number of unbranched alkanes of at least 4 members (excludes halogenated alkanes) is 16. The first-order valence-electron chi connectivity index (χ1n) is 15.3. The van der Waals surface area contributed by atoms with Gasteiger partial charge in [0.05, 0.1) is 26.2 Å². The van der Waals surface area contributed by atoms with E-state index in [0.717, 1.165) is 0 Å². The Morgan fingerprint density at radius 3 is 0.969 bits per heavy atom. The van der Waals surface area contributed by atoms with Crippen molar-refractivity contribution in [1.29, 1.82) is 0 Å². The molecule has 1 nitrogen and oxygen atoms in total. The Bertz CT molecular complexity index is 337. The Balaban J connectivity index is 5.19. The van der Waals surface area contributed by atoms with Crippen LogP contribution in [0.4, 0.5) is 0 Å². The molecule has 0 heterocycles. The molecule has 0 bridgehead atoms. The zero-order chi connectivity index (χ0) is 24.0. The lowest BCUT2D eigenvalue weighted by Gasteiger charge is -2.50. The minimum atomic E-state index is 0.523. The van der Waals surface area contributed by atoms with Crippen molar-refractivity contribution in [2.45, 2.75) is 181 Å². The fourth-order valence-corrected chi connectivity index (χ4v) is 5.80. The van der Waals surface area contributed by atoms with Gasteiger partial charge in [0.2, 0.25) is 0 Å². The highest BCUT2D eigenvalue weighted by molar-refractivity contribution is 4.82. The summed E-state index contributed by atoms with van der Waals surface area (Å²) in [5.41, 5.74) is 0.523. The summed E-state index contributed by atoms with van der Waals surface area (Å²) in [6.45, 7) is 10.8. The summed E-state index contributed by atoms with van der Waals surface area (Å²) in [5.74, 6) is 0. The van der Waals surface area contributed by atoms with Gasteiger partial charge >= 0.3 is 0 Å². The first kappa shape index (κ1) is 32.0. The van der Waals surface area contributed by atoms with Crippen LogP contribution >= 0.6 is 0 Å². The van der Waals surface area contributed by atoms with Crippen LogP contribution in [0.5, 0.6) is 0 Å².